The molecule has 1 amide bonds. The molecule has 0 saturated heterocycles. The van der Waals surface area contributed by atoms with E-state index in [2.05, 4.69) is 34.6 Å². The summed E-state index contributed by atoms with van der Waals surface area (Å²) in [4.78, 5) is 17.3. The van der Waals surface area contributed by atoms with Crippen molar-refractivity contribution in [3.8, 4) is 11.3 Å². The van der Waals surface area contributed by atoms with Gasteiger partial charge < -0.3 is 0 Å². The van der Waals surface area contributed by atoms with E-state index in [0.717, 1.165) is 17.7 Å². The van der Waals surface area contributed by atoms with Crippen LogP contribution in [0.1, 0.15) is 35.3 Å². The number of carbonyl (C=O) groups is 1. The third-order valence-electron chi connectivity index (χ3n) is 5.29. The van der Waals surface area contributed by atoms with Crippen LogP contribution < -0.4 is 5.32 Å². The molecule has 7 heteroatoms. The number of thiazole rings is 1. The molecule has 0 spiro atoms. The fourth-order valence-electron chi connectivity index (χ4n) is 3.33. The molecule has 0 fully saturated rings. The third-order valence-corrected chi connectivity index (χ3v) is 8.22. The summed E-state index contributed by atoms with van der Waals surface area (Å²) in [7, 11) is -3.37. The minimum atomic E-state index is -3.37. The van der Waals surface area contributed by atoms with Crippen molar-refractivity contribution in [1.29, 1.82) is 0 Å². The highest BCUT2D eigenvalue weighted by Gasteiger charge is 2.19. The van der Waals surface area contributed by atoms with E-state index in [1.807, 2.05) is 35.7 Å². The molecule has 0 aliphatic carbocycles. The van der Waals surface area contributed by atoms with Gasteiger partial charge in [0, 0.05) is 16.5 Å². The van der Waals surface area contributed by atoms with E-state index in [1.54, 1.807) is 13.8 Å². The largest absolute Gasteiger partial charge is 0.298 e. The second-order valence-electron chi connectivity index (χ2n) is 7.97. The number of rotatable bonds is 7. The van der Waals surface area contributed by atoms with Crippen molar-refractivity contribution >= 4 is 32.2 Å². The van der Waals surface area contributed by atoms with Gasteiger partial charge in [0.15, 0.2) is 15.0 Å². The smallest absolute Gasteiger partial charge is 0.257 e. The van der Waals surface area contributed by atoms with Crippen molar-refractivity contribution in [2.24, 2.45) is 0 Å². The van der Waals surface area contributed by atoms with Crippen LogP contribution in [0.3, 0.4) is 0 Å². The predicted octanol–water partition coefficient (Wildman–Crippen LogP) is 5.84. The van der Waals surface area contributed by atoms with Crippen LogP contribution in [-0.4, -0.2) is 24.6 Å². The molecule has 4 rings (SSSR count). The maximum Gasteiger partial charge on any atom is 0.257 e. The second-order valence-corrected chi connectivity index (χ2v) is 11.3. The van der Waals surface area contributed by atoms with Crippen LogP contribution in [0.5, 0.6) is 0 Å². The molecule has 168 valence electrons. The normalized spacial score (nSPS) is 11.5. The lowest BCUT2D eigenvalue weighted by atomic mass is 10.0. The second kappa shape index (κ2) is 9.68. The summed E-state index contributed by atoms with van der Waals surface area (Å²) in [6.07, 6.45) is 0.872. The van der Waals surface area contributed by atoms with E-state index in [4.69, 9.17) is 0 Å². The Labute approximate surface area is 198 Å². The number of carbonyl (C=O) groups excluding carboxylic acids is 1. The summed E-state index contributed by atoms with van der Waals surface area (Å²) in [5, 5.41) is 4.67. The Morgan fingerprint density at radius 2 is 1.55 bits per heavy atom. The van der Waals surface area contributed by atoms with Gasteiger partial charge in [-0.1, -0.05) is 54.6 Å². The van der Waals surface area contributed by atoms with E-state index >= 15 is 0 Å². The highest BCUT2D eigenvalue weighted by molar-refractivity contribution is 7.92. The molecule has 0 bridgehead atoms. The number of hydrogen-bond acceptors (Lipinski definition) is 5. The SMILES string of the molecule is CC(C)S(=O)(=O)c1ccc(C(=O)Nc2nc(-c3ccc(Cc4ccccc4)cc3)cs2)cc1. The Bertz CT molecular complexity index is 1340. The summed E-state index contributed by atoms with van der Waals surface area (Å²) in [6, 6.07) is 24.5. The molecule has 5 nitrogen and oxygen atoms in total. The van der Waals surface area contributed by atoms with Gasteiger partial charge in [-0.25, -0.2) is 13.4 Å². The Morgan fingerprint density at radius 3 is 2.18 bits per heavy atom. The van der Waals surface area contributed by atoms with Gasteiger partial charge in [0.2, 0.25) is 0 Å². The van der Waals surface area contributed by atoms with Crippen LogP contribution >= 0.6 is 11.3 Å². The van der Waals surface area contributed by atoms with Crippen molar-refractivity contribution in [3.63, 3.8) is 0 Å². The number of aromatic nitrogens is 1. The molecule has 0 aliphatic rings. The van der Waals surface area contributed by atoms with E-state index in [1.165, 1.54) is 46.7 Å². The van der Waals surface area contributed by atoms with Gasteiger partial charge in [-0.05, 0) is 55.7 Å². The number of nitrogens with one attached hydrogen (secondary N) is 1. The van der Waals surface area contributed by atoms with Crippen LogP contribution in [0.25, 0.3) is 11.3 Å². The molecule has 3 aromatic carbocycles. The topological polar surface area (TPSA) is 76.1 Å². The van der Waals surface area contributed by atoms with Crippen LogP contribution in [0.2, 0.25) is 0 Å². The van der Waals surface area contributed by atoms with Gasteiger partial charge in [-0.3, -0.25) is 10.1 Å². The van der Waals surface area contributed by atoms with Crippen molar-refractivity contribution in [3.05, 3.63) is 101 Å². The fourth-order valence-corrected chi connectivity index (χ4v) is 5.10. The van der Waals surface area contributed by atoms with Crippen LogP contribution in [0.4, 0.5) is 5.13 Å². The summed E-state index contributed by atoms with van der Waals surface area (Å²) in [5.41, 5.74) is 4.63. The van der Waals surface area contributed by atoms with Gasteiger partial charge in [0.25, 0.3) is 5.91 Å². The first-order chi connectivity index (χ1) is 15.8. The Hall–Kier alpha value is -3.29. The van der Waals surface area contributed by atoms with Crippen molar-refractivity contribution < 1.29 is 13.2 Å². The number of hydrogen-bond donors (Lipinski definition) is 1. The standard InChI is InChI=1S/C26H24N2O3S2/c1-18(2)33(30,31)23-14-12-22(13-15-23)25(29)28-26-27-24(17-32-26)21-10-8-20(9-11-21)16-19-6-4-3-5-7-19/h3-15,17-18H,16H2,1-2H3,(H,27,28,29). The van der Waals surface area contributed by atoms with Gasteiger partial charge in [-0.15, -0.1) is 11.3 Å². The molecule has 0 atom stereocenters. The monoisotopic (exact) mass is 476 g/mol. The Balaban J connectivity index is 1.42. The lowest BCUT2D eigenvalue weighted by Crippen LogP contribution is -2.15. The molecular weight excluding hydrogens is 452 g/mol. The van der Waals surface area contributed by atoms with Crippen molar-refractivity contribution in [1.82, 2.24) is 4.98 Å². The summed E-state index contributed by atoms with van der Waals surface area (Å²) in [6.45, 7) is 3.26. The third kappa shape index (κ3) is 5.38. The zero-order valence-corrected chi connectivity index (χ0v) is 20.0. The number of anilines is 1. The molecule has 0 radical (unpaired) electrons. The quantitative estimate of drug-likeness (QED) is 0.364. The van der Waals surface area contributed by atoms with Gasteiger partial charge in [0.05, 0.1) is 15.8 Å². The minimum Gasteiger partial charge on any atom is -0.298 e. The first kappa shape index (κ1) is 22.9. The van der Waals surface area contributed by atoms with E-state index < -0.39 is 15.1 Å². The van der Waals surface area contributed by atoms with Crippen molar-refractivity contribution in [2.45, 2.75) is 30.4 Å². The van der Waals surface area contributed by atoms with Crippen molar-refractivity contribution in [2.75, 3.05) is 5.32 Å². The highest BCUT2D eigenvalue weighted by Crippen LogP contribution is 2.26. The van der Waals surface area contributed by atoms with E-state index in [9.17, 15) is 13.2 Å². The highest BCUT2D eigenvalue weighted by atomic mass is 32.2. The first-order valence-electron chi connectivity index (χ1n) is 10.6. The number of sulfone groups is 1. The molecular formula is C26H24N2O3S2. The Morgan fingerprint density at radius 1 is 0.909 bits per heavy atom. The minimum absolute atomic E-state index is 0.210. The molecule has 33 heavy (non-hydrogen) atoms. The average molecular weight is 477 g/mol. The van der Waals surface area contributed by atoms with E-state index in [-0.39, 0.29) is 10.8 Å². The average Bonchev–Trinajstić information content (AvgIpc) is 3.28. The van der Waals surface area contributed by atoms with Crippen LogP contribution in [-0.2, 0) is 16.3 Å². The lowest BCUT2D eigenvalue weighted by Gasteiger charge is -2.08. The summed E-state index contributed by atoms with van der Waals surface area (Å²) in [5.74, 6) is -0.331. The maximum atomic E-state index is 12.6. The summed E-state index contributed by atoms with van der Waals surface area (Å²) >= 11 is 1.35. The fraction of sp³-hybridized carbons (Fsp3) is 0.154. The van der Waals surface area contributed by atoms with Crippen LogP contribution in [0.15, 0.2) is 89.1 Å². The predicted molar refractivity (Wildman–Crippen MR) is 134 cm³/mol. The molecule has 1 aromatic heterocycles. The Kier molecular flexibility index (Phi) is 6.72. The zero-order valence-electron chi connectivity index (χ0n) is 18.4. The molecule has 1 heterocycles. The van der Waals surface area contributed by atoms with Gasteiger partial charge in [0.1, 0.15) is 0 Å². The molecule has 1 N–H and O–H groups in total. The molecule has 0 aliphatic heterocycles. The van der Waals surface area contributed by atoms with E-state index in [0.29, 0.717) is 10.7 Å². The number of benzene rings is 3. The number of amides is 1. The van der Waals surface area contributed by atoms with Gasteiger partial charge in [-0.2, -0.15) is 0 Å². The molecule has 0 unspecified atom stereocenters. The first-order valence-corrected chi connectivity index (χ1v) is 13.0. The number of nitrogens with zero attached hydrogens (tertiary/aromatic N) is 1. The maximum absolute atomic E-state index is 12.6. The molecule has 0 saturated carbocycles. The zero-order chi connectivity index (χ0) is 23.4. The van der Waals surface area contributed by atoms with Gasteiger partial charge >= 0.3 is 0 Å². The summed E-state index contributed by atoms with van der Waals surface area (Å²) < 4.78 is 24.5. The lowest BCUT2D eigenvalue weighted by molar-refractivity contribution is 0.102. The molecule has 4 aromatic rings. The van der Waals surface area contributed by atoms with Crippen LogP contribution in [0, 0.1) is 0 Å².